The number of ether oxygens (including phenoxy) is 1. The zero-order valence-electron chi connectivity index (χ0n) is 12.1. The van der Waals surface area contributed by atoms with Crippen LogP contribution in [0.2, 0.25) is 0 Å². The van der Waals surface area contributed by atoms with E-state index in [-0.39, 0.29) is 6.04 Å². The van der Waals surface area contributed by atoms with Gasteiger partial charge in [0.25, 0.3) is 0 Å². The number of nitrogens with two attached hydrogens (primary N) is 1. The molecule has 0 amide bonds. The van der Waals surface area contributed by atoms with Gasteiger partial charge in [-0.1, -0.05) is 38.2 Å². The lowest BCUT2D eigenvalue weighted by Gasteiger charge is -2.27. The smallest absolute Gasteiger partial charge is 0.213 e. The van der Waals surface area contributed by atoms with Crippen LogP contribution in [0.4, 0.5) is 0 Å². The van der Waals surface area contributed by atoms with Gasteiger partial charge in [-0.2, -0.15) is 0 Å². The normalized spacial score (nSPS) is 19.5. The Hall–Kier alpha value is -1.13. The van der Waals surface area contributed by atoms with Crippen LogP contribution < -0.4 is 10.5 Å². The molecule has 0 aliphatic heterocycles. The SMILES string of the molecule is N[C@@H](CC1CCCCC1)[C@@H](O)CCOc1ccccn1. The van der Waals surface area contributed by atoms with E-state index in [1.54, 1.807) is 6.20 Å². The lowest BCUT2D eigenvalue weighted by Crippen LogP contribution is -2.37. The van der Waals surface area contributed by atoms with Crippen LogP contribution >= 0.6 is 0 Å². The van der Waals surface area contributed by atoms with E-state index in [0.717, 1.165) is 6.42 Å². The van der Waals surface area contributed by atoms with E-state index in [9.17, 15) is 5.11 Å². The number of pyridine rings is 1. The zero-order chi connectivity index (χ0) is 14.2. The Morgan fingerprint density at radius 3 is 2.80 bits per heavy atom. The van der Waals surface area contributed by atoms with E-state index in [1.807, 2.05) is 18.2 Å². The quantitative estimate of drug-likeness (QED) is 0.804. The van der Waals surface area contributed by atoms with E-state index in [4.69, 9.17) is 10.5 Å². The summed E-state index contributed by atoms with van der Waals surface area (Å²) < 4.78 is 5.49. The fraction of sp³-hybridized carbons (Fsp3) is 0.688. The third kappa shape index (κ3) is 5.10. The summed E-state index contributed by atoms with van der Waals surface area (Å²) in [6, 6.07) is 5.41. The number of nitrogens with zero attached hydrogens (tertiary/aromatic N) is 1. The van der Waals surface area contributed by atoms with Crippen molar-refractivity contribution in [1.29, 1.82) is 0 Å². The summed E-state index contributed by atoms with van der Waals surface area (Å²) in [4.78, 5) is 4.08. The first kappa shape index (κ1) is 15.3. The summed E-state index contributed by atoms with van der Waals surface area (Å²) in [6.45, 7) is 0.455. The number of hydrogen-bond donors (Lipinski definition) is 2. The Kier molecular flexibility index (Phi) is 6.27. The van der Waals surface area contributed by atoms with E-state index >= 15 is 0 Å². The number of hydrogen-bond acceptors (Lipinski definition) is 4. The largest absolute Gasteiger partial charge is 0.478 e. The molecule has 0 bridgehead atoms. The maximum absolute atomic E-state index is 10.1. The molecule has 4 heteroatoms. The van der Waals surface area contributed by atoms with Gasteiger partial charge in [0.1, 0.15) is 0 Å². The molecule has 0 radical (unpaired) electrons. The minimum Gasteiger partial charge on any atom is -0.478 e. The van der Waals surface area contributed by atoms with Crippen LogP contribution in [0.3, 0.4) is 0 Å². The fourth-order valence-electron chi connectivity index (χ4n) is 2.90. The van der Waals surface area contributed by atoms with Gasteiger partial charge >= 0.3 is 0 Å². The first-order valence-corrected chi connectivity index (χ1v) is 7.73. The van der Waals surface area contributed by atoms with Gasteiger partial charge in [-0.3, -0.25) is 0 Å². The summed E-state index contributed by atoms with van der Waals surface area (Å²) >= 11 is 0. The molecule has 0 spiro atoms. The summed E-state index contributed by atoms with van der Waals surface area (Å²) in [5.41, 5.74) is 6.11. The highest BCUT2D eigenvalue weighted by Gasteiger charge is 2.21. The molecule has 2 atom stereocenters. The lowest BCUT2D eigenvalue weighted by atomic mass is 9.83. The van der Waals surface area contributed by atoms with E-state index < -0.39 is 6.10 Å². The number of aliphatic hydroxyl groups excluding tert-OH is 1. The Bertz CT molecular complexity index is 366. The molecule has 0 saturated heterocycles. The van der Waals surface area contributed by atoms with E-state index in [0.29, 0.717) is 24.8 Å². The minimum absolute atomic E-state index is 0.134. The molecular weight excluding hydrogens is 252 g/mol. The molecule has 112 valence electrons. The molecule has 1 heterocycles. The summed E-state index contributed by atoms with van der Waals surface area (Å²) in [6.07, 6.45) is 9.23. The molecule has 2 rings (SSSR count). The molecule has 0 unspecified atom stereocenters. The monoisotopic (exact) mass is 278 g/mol. The van der Waals surface area contributed by atoms with Gasteiger partial charge in [0.15, 0.2) is 0 Å². The van der Waals surface area contributed by atoms with Crippen molar-refractivity contribution in [2.45, 2.75) is 57.1 Å². The Balaban J connectivity index is 1.64. The molecule has 3 N–H and O–H groups in total. The van der Waals surface area contributed by atoms with Gasteiger partial charge in [0.05, 0.1) is 12.7 Å². The van der Waals surface area contributed by atoms with Crippen LogP contribution in [-0.2, 0) is 0 Å². The maximum Gasteiger partial charge on any atom is 0.213 e. The van der Waals surface area contributed by atoms with E-state index in [2.05, 4.69) is 4.98 Å². The molecule has 20 heavy (non-hydrogen) atoms. The third-order valence-electron chi connectivity index (χ3n) is 4.13. The van der Waals surface area contributed by atoms with Crippen molar-refractivity contribution in [3.63, 3.8) is 0 Å². The molecule has 1 aromatic rings. The molecule has 0 aromatic carbocycles. The molecule has 1 aromatic heterocycles. The standard InChI is InChI=1S/C16H26N2O2/c17-14(12-13-6-2-1-3-7-13)15(19)9-11-20-16-8-4-5-10-18-16/h4-5,8,10,13-15,19H,1-3,6-7,9,11-12,17H2/t14-,15-/m0/s1. The average Bonchev–Trinajstić information content (AvgIpc) is 2.49. The Morgan fingerprint density at radius 1 is 1.30 bits per heavy atom. The lowest BCUT2D eigenvalue weighted by molar-refractivity contribution is 0.0999. The van der Waals surface area contributed by atoms with Crippen molar-refractivity contribution >= 4 is 0 Å². The zero-order valence-corrected chi connectivity index (χ0v) is 12.1. The summed E-state index contributed by atoms with van der Waals surface area (Å²) in [7, 11) is 0. The van der Waals surface area contributed by atoms with Gasteiger partial charge in [0.2, 0.25) is 5.88 Å². The molecular formula is C16H26N2O2. The van der Waals surface area contributed by atoms with Crippen LogP contribution in [-0.4, -0.2) is 28.8 Å². The van der Waals surface area contributed by atoms with Gasteiger partial charge < -0.3 is 15.6 Å². The highest BCUT2D eigenvalue weighted by atomic mass is 16.5. The number of rotatable bonds is 7. The summed E-state index contributed by atoms with van der Waals surface area (Å²) in [5.74, 6) is 1.30. The van der Waals surface area contributed by atoms with Crippen molar-refractivity contribution in [2.24, 2.45) is 11.7 Å². The molecule has 1 aliphatic rings. The Morgan fingerprint density at radius 2 is 2.10 bits per heavy atom. The Labute approximate surface area is 121 Å². The van der Waals surface area contributed by atoms with Crippen LogP contribution in [0, 0.1) is 5.92 Å². The number of aliphatic hydroxyl groups is 1. The molecule has 1 aliphatic carbocycles. The van der Waals surface area contributed by atoms with Crippen molar-refractivity contribution in [2.75, 3.05) is 6.61 Å². The highest BCUT2D eigenvalue weighted by Crippen LogP contribution is 2.27. The van der Waals surface area contributed by atoms with Gasteiger partial charge in [-0.05, 0) is 18.4 Å². The third-order valence-corrected chi connectivity index (χ3v) is 4.13. The highest BCUT2D eigenvalue weighted by molar-refractivity contribution is 5.08. The van der Waals surface area contributed by atoms with Crippen LogP contribution in [0.1, 0.15) is 44.9 Å². The minimum atomic E-state index is -0.486. The molecule has 1 fully saturated rings. The van der Waals surface area contributed by atoms with Crippen molar-refractivity contribution in [1.82, 2.24) is 4.98 Å². The van der Waals surface area contributed by atoms with Gasteiger partial charge in [0, 0.05) is 24.7 Å². The van der Waals surface area contributed by atoms with Gasteiger partial charge in [-0.15, -0.1) is 0 Å². The predicted octanol–water partition coefficient (Wildman–Crippen LogP) is 2.51. The summed E-state index contributed by atoms with van der Waals surface area (Å²) in [5, 5.41) is 10.1. The second kappa shape index (κ2) is 8.22. The predicted molar refractivity (Wildman–Crippen MR) is 79.5 cm³/mol. The van der Waals surface area contributed by atoms with Crippen molar-refractivity contribution in [3.8, 4) is 5.88 Å². The van der Waals surface area contributed by atoms with Crippen molar-refractivity contribution < 1.29 is 9.84 Å². The van der Waals surface area contributed by atoms with Crippen LogP contribution in [0.25, 0.3) is 0 Å². The first-order chi connectivity index (χ1) is 9.75. The second-order valence-corrected chi connectivity index (χ2v) is 5.78. The van der Waals surface area contributed by atoms with Gasteiger partial charge in [-0.25, -0.2) is 4.98 Å². The second-order valence-electron chi connectivity index (χ2n) is 5.78. The van der Waals surface area contributed by atoms with Crippen molar-refractivity contribution in [3.05, 3.63) is 24.4 Å². The first-order valence-electron chi connectivity index (χ1n) is 7.73. The molecule has 1 saturated carbocycles. The maximum atomic E-state index is 10.1. The topological polar surface area (TPSA) is 68.4 Å². The molecule has 4 nitrogen and oxygen atoms in total. The number of aromatic nitrogens is 1. The average molecular weight is 278 g/mol. The fourth-order valence-corrected chi connectivity index (χ4v) is 2.90. The van der Waals surface area contributed by atoms with E-state index in [1.165, 1.54) is 32.1 Å². The van der Waals surface area contributed by atoms with Crippen LogP contribution in [0.15, 0.2) is 24.4 Å². The van der Waals surface area contributed by atoms with Crippen LogP contribution in [0.5, 0.6) is 5.88 Å².